The summed E-state index contributed by atoms with van der Waals surface area (Å²) in [4.78, 5) is 15.2. The van der Waals surface area contributed by atoms with Crippen LogP contribution in [0, 0.1) is 0 Å². The topological polar surface area (TPSA) is 97.8 Å². The fraction of sp³-hybridized carbons (Fsp3) is 0. The molecule has 5 aromatic carbocycles. The number of benzene rings is 5. The Balaban J connectivity index is 1.31. The first kappa shape index (κ1) is 25.1. The van der Waals surface area contributed by atoms with E-state index in [4.69, 9.17) is 0 Å². The first-order chi connectivity index (χ1) is 20.6. The lowest BCUT2D eigenvalue weighted by molar-refractivity contribution is 0.475. The number of nitrogens with zero attached hydrogens (tertiary/aromatic N) is 2. The third kappa shape index (κ3) is 4.82. The molecule has 7 rings (SSSR count). The highest BCUT2D eigenvalue weighted by molar-refractivity contribution is 5.90. The summed E-state index contributed by atoms with van der Waals surface area (Å²) < 4.78 is 0. The molecule has 0 amide bonds. The third-order valence-corrected chi connectivity index (χ3v) is 7.45. The molecule has 2 heterocycles. The second-order valence-electron chi connectivity index (χ2n) is 10.1. The zero-order valence-corrected chi connectivity index (χ0v) is 22.5. The number of rotatable bonds is 6. The first-order valence-electron chi connectivity index (χ1n) is 13.6. The quantitative estimate of drug-likeness (QED) is 0.168. The van der Waals surface area contributed by atoms with Crippen molar-refractivity contribution in [2.45, 2.75) is 0 Å². The van der Waals surface area contributed by atoms with Crippen LogP contribution in [0.3, 0.4) is 0 Å². The molecular formula is C36H26N4O2. The maximum absolute atomic E-state index is 9.89. The van der Waals surface area contributed by atoms with Crippen molar-refractivity contribution < 1.29 is 10.2 Å². The van der Waals surface area contributed by atoms with Crippen LogP contribution < -0.4 is 0 Å². The molecule has 0 fully saturated rings. The molecule has 4 N–H and O–H groups in total. The highest BCUT2D eigenvalue weighted by Crippen LogP contribution is 2.39. The van der Waals surface area contributed by atoms with Crippen molar-refractivity contribution in [3.63, 3.8) is 0 Å². The molecule has 202 valence electrons. The SMILES string of the molecule is Oc1ccc(-c2cc(-c3ncc[nH]3)ccc2-c2ccc(-c3ccc(-c4ncc[nH]4)cc3-c3ccc(O)cc3)cc2)cc1. The third-order valence-electron chi connectivity index (χ3n) is 7.45. The van der Waals surface area contributed by atoms with E-state index in [-0.39, 0.29) is 11.5 Å². The van der Waals surface area contributed by atoms with Crippen LogP contribution in [0.25, 0.3) is 67.3 Å². The van der Waals surface area contributed by atoms with Crippen LogP contribution in [0.4, 0.5) is 0 Å². The second-order valence-corrected chi connectivity index (χ2v) is 10.1. The average molecular weight is 547 g/mol. The molecule has 0 unspecified atom stereocenters. The van der Waals surface area contributed by atoms with Gasteiger partial charge in [0.05, 0.1) is 0 Å². The number of imidazole rings is 2. The van der Waals surface area contributed by atoms with Crippen LogP contribution in [-0.2, 0) is 0 Å². The normalized spacial score (nSPS) is 11.0. The van der Waals surface area contributed by atoms with Crippen LogP contribution >= 0.6 is 0 Å². The van der Waals surface area contributed by atoms with E-state index < -0.39 is 0 Å². The molecule has 0 bridgehead atoms. The second kappa shape index (κ2) is 10.6. The fourth-order valence-electron chi connectivity index (χ4n) is 5.32. The monoisotopic (exact) mass is 546 g/mol. The number of nitrogens with one attached hydrogen (secondary N) is 2. The number of phenols is 2. The Kier molecular flexibility index (Phi) is 6.33. The summed E-state index contributed by atoms with van der Waals surface area (Å²) in [6.45, 7) is 0. The van der Waals surface area contributed by atoms with Crippen molar-refractivity contribution in [1.29, 1.82) is 0 Å². The van der Waals surface area contributed by atoms with Gasteiger partial charge < -0.3 is 20.2 Å². The molecular weight excluding hydrogens is 520 g/mol. The van der Waals surface area contributed by atoms with Gasteiger partial charge in [-0.3, -0.25) is 0 Å². The van der Waals surface area contributed by atoms with Gasteiger partial charge >= 0.3 is 0 Å². The smallest absolute Gasteiger partial charge is 0.137 e. The molecule has 6 heteroatoms. The summed E-state index contributed by atoms with van der Waals surface area (Å²) in [6, 6.07) is 35.8. The van der Waals surface area contributed by atoms with Gasteiger partial charge in [0.15, 0.2) is 0 Å². The summed E-state index contributed by atoms with van der Waals surface area (Å²) in [7, 11) is 0. The van der Waals surface area contributed by atoms with Gasteiger partial charge in [-0.1, -0.05) is 72.8 Å². The van der Waals surface area contributed by atoms with Gasteiger partial charge in [-0.25, -0.2) is 9.97 Å². The number of phenolic OH excluding ortho intramolecular Hbond substituents is 2. The van der Waals surface area contributed by atoms with Gasteiger partial charge in [0, 0.05) is 35.9 Å². The zero-order chi connectivity index (χ0) is 28.5. The van der Waals surface area contributed by atoms with Crippen molar-refractivity contribution in [2.75, 3.05) is 0 Å². The van der Waals surface area contributed by atoms with Gasteiger partial charge in [0.2, 0.25) is 0 Å². The summed E-state index contributed by atoms with van der Waals surface area (Å²) in [5, 5.41) is 19.8. The maximum Gasteiger partial charge on any atom is 0.137 e. The molecule has 0 saturated heterocycles. The number of hydrogen-bond donors (Lipinski definition) is 4. The van der Waals surface area contributed by atoms with E-state index in [1.54, 1.807) is 36.7 Å². The molecule has 0 aliphatic carbocycles. The fourth-order valence-corrected chi connectivity index (χ4v) is 5.32. The zero-order valence-electron chi connectivity index (χ0n) is 22.5. The summed E-state index contributed by atoms with van der Waals surface area (Å²) in [5.74, 6) is 2.07. The minimum absolute atomic E-state index is 0.231. The number of aromatic nitrogens is 4. The Bertz CT molecular complexity index is 1810. The number of H-pyrrole nitrogens is 2. The lowest BCUT2D eigenvalue weighted by Gasteiger charge is -2.15. The minimum atomic E-state index is 0.231. The Hall–Kier alpha value is -5.88. The first-order valence-corrected chi connectivity index (χ1v) is 13.6. The summed E-state index contributed by atoms with van der Waals surface area (Å²) in [6.07, 6.45) is 7.12. The summed E-state index contributed by atoms with van der Waals surface area (Å²) in [5.41, 5.74) is 10.4. The van der Waals surface area contributed by atoms with Gasteiger partial charge in [-0.05, 0) is 80.9 Å². The molecule has 0 aliphatic rings. The highest BCUT2D eigenvalue weighted by atomic mass is 16.3. The highest BCUT2D eigenvalue weighted by Gasteiger charge is 2.14. The van der Waals surface area contributed by atoms with Crippen LogP contribution in [0.2, 0.25) is 0 Å². The Morgan fingerprint density at radius 1 is 0.381 bits per heavy atom. The number of aromatic amines is 2. The maximum atomic E-state index is 9.89. The molecule has 0 atom stereocenters. The Labute approximate surface area is 242 Å². The molecule has 0 radical (unpaired) electrons. The van der Waals surface area contributed by atoms with E-state index in [1.807, 2.05) is 36.7 Å². The number of aromatic hydroxyl groups is 2. The van der Waals surface area contributed by atoms with Crippen molar-refractivity contribution in [2.24, 2.45) is 0 Å². The van der Waals surface area contributed by atoms with Crippen molar-refractivity contribution in [3.05, 3.63) is 134 Å². The van der Waals surface area contributed by atoms with Crippen LogP contribution in [0.15, 0.2) is 134 Å². The van der Waals surface area contributed by atoms with Crippen LogP contribution in [0.1, 0.15) is 0 Å². The molecule has 2 aromatic heterocycles. The van der Waals surface area contributed by atoms with Crippen LogP contribution in [0.5, 0.6) is 11.5 Å². The van der Waals surface area contributed by atoms with Gasteiger partial charge in [-0.15, -0.1) is 0 Å². The summed E-state index contributed by atoms with van der Waals surface area (Å²) >= 11 is 0. The Morgan fingerprint density at radius 3 is 1.07 bits per heavy atom. The van der Waals surface area contributed by atoms with E-state index in [9.17, 15) is 10.2 Å². The lowest BCUT2D eigenvalue weighted by atomic mass is 9.89. The van der Waals surface area contributed by atoms with E-state index in [2.05, 4.69) is 80.6 Å². The largest absolute Gasteiger partial charge is 0.508 e. The molecule has 7 aromatic rings. The van der Waals surface area contributed by atoms with Crippen molar-refractivity contribution in [1.82, 2.24) is 19.9 Å². The van der Waals surface area contributed by atoms with E-state index in [0.29, 0.717) is 0 Å². The molecule has 42 heavy (non-hydrogen) atoms. The minimum Gasteiger partial charge on any atom is -0.508 e. The van der Waals surface area contributed by atoms with E-state index >= 15 is 0 Å². The molecule has 0 saturated carbocycles. The van der Waals surface area contributed by atoms with Gasteiger partial charge in [0.25, 0.3) is 0 Å². The predicted octanol–water partition coefficient (Wildman–Crippen LogP) is 8.55. The van der Waals surface area contributed by atoms with Gasteiger partial charge in [-0.2, -0.15) is 0 Å². The standard InChI is InChI=1S/C36H26N4O2/c41-29-11-5-25(6-12-29)33-21-27(35-37-17-18-38-35)9-15-31(33)23-1-2-24(4-3-23)32-16-10-28(36-39-19-20-40-36)22-34(32)26-7-13-30(42)14-8-26/h1-22,41-42H,(H,37,38)(H,39,40). The van der Waals surface area contributed by atoms with Gasteiger partial charge in [0.1, 0.15) is 23.1 Å². The van der Waals surface area contributed by atoms with E-state index in [0.717, 1.165) is 67.3 Å². The Morgan fingerprint density at radius 2 is 0.714 bits per heavy atom. The number of hydrogen-bond acceptors (Lipinski definition) is 4. The molecule has 0 aliphatic heterocycles. The van der Waals surface area contributed by atoms with Crippen molar-refractivity contribution in [3.8, 4) is 78.8 Å². The van der Waals surface area contributed by atoms with E-state index in [1.165, 1.54) is 0 Å². The van der Waals surface area contributed by atoms with Crippen LogP contribution in [-0.4, -0.2) is 30.1 Å². The average Bonchev–Trinajstić information content (AvgIpc) is 3.77. The molecule has 6 nitrogen and oxygen atoms in total. The predicted molar refractivity (Wildman–Crippen MR) is 167 cm³/mol. The molecule has 0 spiro atoms. The lowest BCUT2D eigenvalue weighted by Crippen LogP contribution is -1.90. The van der Waals surface area contributed by atoms with Crippen molar-refractivity contribution >= 4 is 0 Å².